The van der Waals surface area contributed by atoms with E-state index in [1.54, 1.807) is 30.3 Å². The molecular formula is C22H21N3O4. The molecule has 1 amide bonds. The van der Waals surface area contributed by atoms with Crippen LogP contribution in [0.3, 0.4) is 0 Å². The first-order valence-corrected chi connectivity index (χ1v) is 9.42. The van der Waals surface area contributed by atoms with Crippen molar-refractivity contribution in [2.24, 2.45) is 4.99 Å². The monoisotopic (exact) mass is 391 g/mol. The zero-order chi connectivity index (χ0) is 20.2. The van der Waals surface area contributed by atoms with Crippen molar-refractivity contribution < 1.29 is 19.1 Å². The van der Waals surface area contributed by atoms with Gasteiger partial charge in [-0.1, -0.05) is 12.1 Å². The molecule has 2 aromatic rings. The van der Waals surface area contributed by atoms with Crippen molar-refractivity contribution in [1.82, 2.24) is 0 Å². The van der Waals surface area contributed by atoms with Crippen LogP contribution in [0.1, 0.15) is 18.1 Å². The number of nitrogens with zero attached hydrogens (tertiary/aromatic N) is 2. The molecule has 7 heteroatoms. The molecule has 7 nitrogen and oxygen atoms in total. The molecule has 148 valence electrons. The van der Waals surface area contributed by atoms with Crippen molar-refractivity contribution in [3.05, 3.63) is 65.4 Å². The molecule has 2 heterocycles. The van der Waals surface area contributed by atoms with Gasteiger partial charge < -0.3 is 19.7 Å². The number of anilines is 2. The average Bonchev–Trinajstić information content (AvgIpc) is 3.10. The Morgan fingerprint density at radius 3 is 2.41 bits per heavy atom. The molecule has 4 rings (SSSR count). The summed E-state index contributed by atoms with van der Waals surface area (Å²) in [5.41, 5.74) is 3.60. The van der Waals surface area contributed by atoms with Crippen LogP contribution in [0.4, 0.5) is 11.4 Å². The predicted octanol–water partition coefficient (Wildman–Crippen LogP) is 2.83. The summed E-state index contributed by atoms with van der Waals surface area (Å²) in [6.45, 7) is 4.67. The van der Waals surface area contributed by atoms with Gasteiger partial charge in [0.15, 0.2) is 5.70 Å². The van der Waals surface area contributed by atoms with Gasteiger partial charge in [-0.25, -0.2) is 9.79 Å². The molecule has 0 unspecified atom stereocenters. The fourth-order valence-corrected chi connectivity index (χ4v) is 3.19. The highest BCUT2D eigenvalue weighted by Gasteiger charge is 2.24. The molecule has 2 aliphatic rings. The van der Waals surface area contributed by atoms with Crippen LogP contribution in [0.2, 0.25) is 0 Å². The van der Waals surface area contributed by atoms with E-state index in [-0.39, 0.29) is 17.5 Å². The maximum atomic E-state index is 12.2. The highest BCUT2D eigenvalue weighted by molar-refractivity contribution is 6.13. The third kappa shape index (κ3) is 4.52. The molecule has 2 aliphatic heterocycles. The van der Waals surface area contributed by atoms with Gasteiger partial charge in [0.2, 0.25) is 11.8 Å². The topological polar surface area (TPSA) is 80.2 Å². The summed E-state index contributed by atoms with van der Waals surface area (Å²) in [5.74, 6) is -0.379. The summed E-state index contributed by atoms with van der Waals surface area (Å²) in [7, 11) is 0. The van der Waals surface area contributed by atoms with Gasteiger partial charge in [0, 0.05) is 37.0 Å². The first-order valence-electron chi connectivity index (χ1n) is 9.42. The van der Waals surface area contributed by atoms with Gasteiger partial charge in [0.25, 0.3) is 0 Å². The molecule has 1 N–H and O–H groups in total. The lowest BCUT2D eigenvalue weighted by Crippen LogP contribution is -2.36. The Bertz CT molecular complexity index is 972. The number of ether oxygens (including phenoxy) is 2. The van der Waals surface area contributed by atoms with E-state index in [9.17, 15) is 9.59 Å². The lowest BCUT2D eigenvalue weighted by molar-refractivity contribution is -0.129. The number of carbonyl (C=O) groups is 2. The number of cyclic esters (lactones) is 1. The normalized spacial score (nSPS) is 17.8. The Balaban J connectivity index is 1.49. The summed E-state index contributed by atoms with van der Waals surface area (Å²) in [4.78, 5) is 29.9. The fraction of sp³-hybridized carbons (Fsp3) is 0.227. The number of hydrogen-bond donors (Lipinski definition) is 1. The summed E-state index contributed by atoms with van der Waals surface area (Å²) < 4.78 is 10.7. The van der Waals surface area contributed by atoms with Crippen LogP contribution >= 0.6 is 0 Å². The van der Waals surface area contributed by atoms with E-state index in [1.165, 1.54) is 6.92 Å². The zero-order valence-electron chi connectivity index (χ0n) is 16.1. The third-order valence-corrected chi connectivity index (χ3v) is 4.65. The van der Waals surface area contributed by atoms with Gasteiger partial charge in [-0.05, 0) is 48.0 Å². The van der Waals surface area contributed by atoms with Crippen molar-refractivity contribution in [2.75, 3.05) is 36.5 Å². The van der Waals surface area contributed by atoms with Gasteiger partial charge in [-0.2, -0.15) is 0 Å². The minimum atomic E-state index is -0.483. The zero-order valence-corrected chi connectivity index (χ0v) is 16.1. The van der Waals surface area contributed by atoms with Gasteiger partial charge in [0.1, 0.15) is 0 Å². The van der Waals surface area contributed by atoms with Crippen LogP contribution in [0.5, 0.6) is 0 Å². The summed E-state index contributed by atoms with van der Waals surface area (Å²) in [6.07, 6.45) is 1.71. The SMILES string of the molecule is CC(=O)Nc1ccc(C2=N/C(=C/c3ccc(N4CCOCC4)cc3)C(=O)O2)cc1. The Labute approximate surface area is 168 Å². The molecular weight excluding hydrogens is 370 g/mol. The first-order chi connectivity index (χ1) is 14.1. The lowest BCUT2D eigenvalue weighted by Gasteiger charge is -2.28. The highest BCUT2D eigenvalue weighted by Crippen LogP contribution is 2.22. The number of amides is 1. The van der Waals surface area contributed by atoms with Crippen LogP contribution in [-0.4, -0.2) is 44.1 Å². The van der Waals surface area contributed by atoms with Crippen molar-refractivity contribution in [3.63, 3.8) is 0 Å². The number of nitrogens with one attached hydrogen (secondary N) is 1. The highest BCUT2D eigenvalue weighted by atomic mass is 16.6. The fourth-order valence-electron chi connectivity index (χ4n) is 3.19. The largest absolute Gasteiger partial charge is 0.402 e. The predicted molar refractivity (Wildman–Crippen MR) is 111 cm³/mol. The Morgan fingerprint density at radius 2 is 1.76 bits per heavy atom. The molecule has 1 saturated heterocycles. The maximum Gasteiger partial charge on any atom is 0.363 e. The molecule has 0 bridgehead atoms. The van der Waals surface area contributed by atoms with Crippen molar-refractivity contribution in [1.29, 1.82) is 0 Å². The van der Waals surface area contributed by atoms with Gasteiger partial charge >= 0.3 is 5.97 Å². The Hall–Kier alpha value is -3.45. The molecule has 2 aromatic carbocycles. The van der Waals surface area contributed by atoms with Crippen molar-refractivity contribution in [3.8, 4) is 0 Å². The van der Waals surface area contributed by atoms with Crippen LogP contribution < -0.4 is 10.2 Å². The van der Waals surface area contributed by atoms with Gasteiger partial charge in [-0.3, -0.25) is 4.79 Å². The second kappa shape index (κ2) is 8.28. The minimum Gasteiger partial charge on any atom is -0.402 e. The number of aliphatic imine (C=N–C) groups is 1. The summed E-state index contributed by atoms with van der Waals surface area (Å²) in [5, 5.41) is 2.69. The molecule has 0 aromatic heterocycles. The number of carbonyl (C=O) groups excluding carboxylic acids is 2. The standard InChI is InChI=1S/C22H21N3O4/c1-15(26)23-18-6-4-17(5-7-18)21-24-20(22(27)29-21)14-16-2-8-19(9-3-16)25-10-12-28-13-11-25/h2-9,14H,10-13H2,1H3,(H,23,26)/b20-14+. The number of esters is 1. The van der Waals surface area contributed by atoms with E-state index >= 15 is 0 Å². The second-order valence-corrected chi connectivity index (χ2v) is 6.79. The minimum absolute atomic E-state index is 0.146. The quantitative estimate of drug-likeness (QED) is 0.640. The van der Waals surface area contributed by atoms with Crippen LogP contribution in [-0.2, 0) is 19.1 Å². The molecule has 1 fully saturated rings. The maximum absolute atomic E-state index is 12.2. The van der Waals surface area contributed by atoms with E-state index in [0.717, 1.165) is 37.6 Å². The van der Waals surface area contributed by atoms with Crippen molar-refractivity contribution >= 4 is 35.2 Å². The number of benzene rings is 2. The Kier molecular flexibility index (Phi) is 5.39. The van der Waals surface area contributed by atoms with E-state index in [1.807, 2.05) is 24.3 Å². The van der Waals surface area contributed by atoms with E-state index in [2.05, 4.69) is 15.2 Å². The Morgan fingerprint density at radius 1 is 1.07 bits per heavy atom. The number of morpholine rings is 1. The molecule has 0 aliphatic carbocycles. The molecule has 0 spiro atoms. The lowest BCUT2D eigenvalue weighted by atomic mass is 10.1. The third-order valence-electron chi connectivity index (χ3n) is 4.65. The molecule has 29 heavy (non-hydrogen) atoms. The summed E-state index contributed by atoms with van der Waals surface area (Å²) >= 11 is 0. The number of rotatable bonds is 4. The smallest absolute Gasteiger partial charge is 0.363 e. The van der Waals surface area contributed by atoms with Gasteiger partial charge in [0.05, 0.1) is 13.2 Å². The van der Waals surface area contributed by atoms with Gasteiger partial charge in [-0.15, -0.1) is 0 Å². The molecule has 0 atom stereocenters. The molecule has 0 saturated carbocycles. The van der Waals surface area contributed by atoms with E-state index in [4.69, 9.17) is 9.47 Å². The van der Waals surface area contributed by atoms with Crippen LogP contribution in [0.25, 0.3) is 6.08 Å². The van der Waals surface area contributed by atoms with Crippen LogP contribution in [0.15, 0.2) is 59.2 Å². The molecule has 0 radical (unpaired) electrons. The van der Waals surface area contributed by atoms with Crippen LogP contribution in [0, 0.1) is 0 Å². The summed E-state index contributed by atoms with van der Waals surface area (Å²) in [6, 6.07) is 14.9. The second-order valence-electron chi connectivity index (χ2n) is 6.79. The van der Waals surface area contributed by atoms with E-state index in [0.29, 0.717) is 11.3 Å². The van der Waals surface area contributed by atoms with Crippen molar-refractivity contribution in [2.45, 2.75) is 6.92 Å². The first kappa shape index (κ1) is 18.9. The number of hydrogen-bond acceptors (Lipinski definition) is 6. The van der Waals surface area contributed by atoms with E-state index < -0.39 is 5.97 Å². The average molecular weight is 391 g/mol.